The largest absolute Gasteiger partial charge is 0.338 e. The topological polar surface area (TPSA) is 102 Å². The number of nitrogens with one attached hydrogen (secondary N) is 2. The number of carbonyl (C=O) groups excluding carboxylic acids is 1. The van der Waals surface area contributed by atoms with E-state index in [1.807, 2.05) is 36.5 Å². The molecule has 8 nitrogen and oxygen atoms in total. The Hall–Kier alpha value is -3.68. The fraction of sp³-hybridized carbons (Fsp3) is 0.111. The summed E-state index contributed by atoms with van der Waals surface area (Å²) in [7, 11) is 0. The first-order chi connectivity index (χ1) is 12.6. The number of carbonyl (C=O) groups is 1. The molecular formula is C18H17N5O3. The van der Waals surface area contributed by atoms with Gasteiger partial charge in [0.2, 0.25) is 0 Å². The van der Waals surface area contributed by atoms with Gasteiger partial charge in [-0.25, -0.2) is 9.48 Å². The normalized spacial score (nSPS) is 10.3. The van der Waals surface area contributed by atoms with Crippen molar-refractivity contribution in [3.05, 3.63) is 82.7 Å². The lowest BCUT2D eigenvalue weighted by atomic mass is 10.2. The number of non-ortho nitro benzene ring substituents is 1. The first-order valence-electron chi connectivity index (χ1n) is 8.00. The molecule has 0 atom stereocenters. The van der Waals surface area contributed by atoms with Gasteiger partial charge in [-0.15, -0.1) is 0 Å². The zero-order valence-corrected chi connectivity index (χ0v) is 13.8. The molecule has 2 amide bonds. The van der Waals surface area contributed by atoms with Crippen LogP contribution in [0.1, 0.15) is 5.56 Å². The van der Waals surface area contributed by atoms with E-state index in [2.05, 4.69) is 15.7 Å². The summed E-state index contributed by atoms with van der Waals surface area (Å²) in [6, 6.07) is 15.1. The van der Waals surface area contributed by atoms with E-state index in [1.54, 1.807) is 10.9 Å². The van der Waals surface area contributed by atoms with Crippen LogP contribution >= 0.6 is 0 Å². The van der Waals surface area contributed by atoms with Crippen LogP contribution in [0.5, 0.6) is 0 Å². The Morgan fingerprint density at radius 2 is 1.85 bits per heavy atom. The number of aromatic nitrogens is 2. The highest BCUT2D eigenvalue weighted by Gasteiger charge is 2.06. The molecule has 0 spiro atoms. The lowest BCUT2D eigenvalue weighted by molar-refractivity contribution is -0.384. The van der Waals surface area contributed by atoms with Crippen molar-refractivity contribution in [1.29, 1.82) is 0 Å². The molecule has 0 saturated carbocycles. The van der Waals surface area contributed by atoms with Gasteiger partial charge in [0.25, 0.3) is 5.69 Å². The molecular weight excluding hydrogens is 334 g/mol. The Labute approximate surface area is 149 Å². The highest BCUT2D eigenvalue weighted by molar-refractivity contribution is 5.89. The molecule has 0 unspecified atom stereocenters. The molecule has 2 aromatic carbocycles. The predicted octanol–water partition coefficient (Wildman–Crippen LogP) is 3.14. The quantitative estimate of drug-likeness (QED) is 0.526. The summed E-state index contributed by atoms with van der Waals surface area (Å²) in [4.78, 5) is 22.0. The average molecular weight is 351 g/mol. The van der Waals surface area contributed by atoms with Gasteiger partial charge in [-0.1, -0.05) is 18.2 Å². The van der Waals surface area contributed by atoms with Gasteiger partial charge in [0.15, 0.2) is 0 Å². The summed E-state index contributed by atoms with van der Waals surface area (Å²) in [5.74, 6) is 0. The second kappa shape index (κ2) is 7.93. The number of anilines is 1. The Kier molecular flexibility index (Phi) is 5.23. The Bertz CT molecular complexity index is 891. The van der Waals surface area contributed by atoms with Crippen LogP contribution in [0.4, 0.5) is 16.2 Å². The van der Waals surface area contributed by atoms with Gasteiger partial charge < -0.3 is 10.6 Å². The van der Waals surface area contributed by atoms with Crippen LogP contribution < -0.4 is 10.6 Å². The molecule has 26 heavy (non-hydrogen) atoms. The maximum atomic E-state index is 11.9. The van der Waals surface area contributed by atoms with Crippen molar-refractivity contribution in [3.63, 3.8) is 0 Å². The van der Waals surface area contributed by atoms with Gasteiger partial charge in [-0.3, -0.25) is 10.1 Å². The average Bonchev–Trinajstić information content (AvgIpc) is 3.12. The minimum absolute atomic E-state index is 0.0219. The van der Waals surface area contributed by atoms with E-state index in [1.165, 1.54) is 24.3 Å². The second-order valence-corrected chi connectivity index (χ2v) is 5.56. The number of benzene rings is 2. The van der Waals surface area contributed by atoms with Crippen molar-refractivity contribution in [2.45, 2.75) is 6.42 Å². The first-order valence-corrected chi connectivity index (χ1v) is 8.00. The van der Waals surface area contributed by atoms with Gasteiger partial charge in [0.1, 0.15) is 0 Å². The predicted molar refractivity (Wildman–Crippen MR) is 97.4 cm³/mol. The summed E-state index contributed by atoms with van der Waals surface area (Å²) < 4.78 is 1.78. The van der Waals surface area contributed by atoms with Gasteiger partial charge in [-0.05, 0) is 36.2 Å². The fourth-order valence-electron chi connectivity index (χ4n) is 2.37. The van der Waals surface area contributed by atoms with Crippen molar-refractivity contribution in [2.24, 2.45) is 0 Å². The maximum Gasteiger partial charge on any atom is 0.319 e. The van der Waals surface area contributed by atoms with Gasteiger partial charge in [0.05, 0.1) is 16.8 Å². The summed E-state index contributed by atoms with van der Waals surface area (Å²) in [5, 5.41) is 20.3. The third kappa shape index (κ3) is 4.44. The monoisotopic (exact) mass is 351 g/mol. The fourth-order valence-corrected chi connectivity index (χ4v) is 2.37. The number of nitro groups is 1. The lowest BCUT2D eigenvalue weighted by Gasteiger charge is -2.06. The molecule has 0 saturated heterocycles. The maximum absolute atomic E-state index is 11.9. The molecule has 0 aliphatic carbocycles. The van der Waals surface area contributed by atoms with Crippen molar-refractivity contribution < 1.29 is 9.72 Å². The van der Waals surface area contributed by atoms with E-state index >= 15 is 0 Å². The van der Waals surface area contributed by atoms with Crippen LogP contribution in [0.3, 0.4) is 0 Å². The molecule has 1 aromatic heterocycles. The molecule has 0 bridgehead atoms. The molecule has 132 valence electrons. The standard InChI is InChI=1S/C18H17N5O3/c24-18(21-15-6-8-17(9-7-15)23(25)26)19-11-10-14-12-20-22(13-14)16-4-2-1-3-5-16/h1-9,12-13H,10-11H2,(H2,19,21,24). The summed E-state index contributed by atoms with van der Waals surface area (Å²) >= 11 is 0. The molecule has 2 N–H and O–H groups in total. The van der Waals surface area contributed by atoms with E-state index in [9.17, 15) is 14.9 Å². The van der Waals surface area contributed by atoms with Crippen molar-refractivity contribution >= 4 is 17.4 Å². The third-order valence-corrected chi connectivity index (χ3v) is 3.69. The van der Waals surface area contributed by atoms with Crippen LogP contribution in [0.2, 0.25) is 0 Å². The van der Waals surface area contributed by atoms with E-state index in [-0.39, 0.29) is 11.7 Å². The van der Waals surface area contributed by atoms with E-state index in [4.69, 9.17) is 0 Å². The SMILES string of the molecule is O=C(NCCc1cnn(-c2ccccc2)c1)Nc1ccc([N+](=O)[O-])cc1. The molecule has 8 heteroatoms. The Morgan fingerprint density at radius 1 is 1.12 bits per heavy atom. The molecule has 0 radical (unpaired) electrons. The van der Waals surface area contributed by atoms with E-state index < -0.39 is 4.92 Å². The summed E-state index contributed by atoms with van der Waals surface area (Å²) in [6.07, 6.45) is 4.33. The molecule has 3 aromatic rings. The highest BCUT2D eigenvalue weighted by atomic mass is 16.6. The van der Waals surface area contributed by atoms with Gasteiger partial charge in [0, 0.05) is 30.6 Å². The van der Waals surface area contributed by atoms with Crippen molar-refractivity contribution in [2.75, 3.05) is 11.9 Å². The number of nitro benzene ring substituents is 1. The number of para-hydroxylation sites is 1. The lowest BCUT2D eigenvalue weighted by Crippen LogP contribution is -2.30. The highest BCUT2D eigenvalue weighted by Crippen LogP contribution is 2.15. The molecule has 1 heterocycles. The number of hydrogen-bond donors (Lipinski definition) is 2. The summed E-state index contributed by atoms with van der Waals surface area (Å²) in [6.45, 7) is 0.444. The van der Waals surface area contributed by atoms with Crippen molar-refractivity contribution in [3.8, 4) is 5.69 Å². The third-order valence-electron chi connectivity index (χ3n) is 3.69. The minimum Gasteiger partial charge on any atom is -0.338 e. The zero-order chi connectivity index (χ0) is 18.4. The molecule has 0 fully saturated rings. The first kappa shape index (κ1) is 17.2. The number of hydrogen-bond acceptors (Lipinski definition) is 4. The minimum atomic E-state index is -0.487. The Morgan fingerprint density at radius 3 is 2.54 bits per heavy atom. The van der Waals surface area contributed by atoms with E-state index in [0.29, 0.717) is 18.7 Å². The van der Waals surface area contributed by atoms with Crippen LogP contribution in [-0.2, 0) is 6.42 Å². The van der Waals surface area contributed by atoms with Crippen LogP contribution in [0.15, 0.2) is 67.0 Å². The van der Waals surface area contributed by atoms with Crippen molar-refractivity contribution in [1.82, 2.24) is 15.1 Å². The Balaban J connectivity index is 1.46. The van der Waals surface area contributed by atoms with E-state index in [0.717, 1.165) is 11.3 Å². The van der Waals surface area contributed by atoms with Crippen LogP contribution in [0, 0.1) is 10.1 Å². The number of rotatable bonds is 6. The number of nitrogens with zero attached hydrogens (tertiary/aromatic N) is 3. The van der Waals surface area contributed by atoms with Gasteiger partial charge in [-0.2, -0.15) is 5.10 Å². The molecule has 0 aliphatic rings. The smallest absolute Gasteiger partial charge is 0.319 e. The number of urea groups is 1. The van der Waals surface area contributed by atoms with Crippen LogP contribution in [-0.4, -0.2) is 27.3 Å². The van der Waals surface area contributed by atoms with Gasteiger partial charge >= 0.3 is 6.03 Å². The van der Waals surface area contributed by atoms with Crippen LogP contribution in [0.25, 0.3) is 5.69 Å². The summed E-state index contributed by atoms with van der Waals surface area (Å²) in [5.41, 5.74) is 2.45. The zero-order valence-electron chi connectivity index (χ0n) is 13.8. The molecule has 0 aliphatic heterocycles. The molecule has 3 rings (SSSR count). The number of amides is 2. The second-order valence-electron chi connectivity index (χ2n) is 5.56.